The second-order valence-electron chi connectivity index (χ2n) is 5.31. The van der Waals surface area contributed by atoms with Gasteiger partial charge in [0.25, 0.3) is 0 Å². The van der Waals surface area contributed by atoms with Crippen molar-refractivity contribution in [2.75, 3.05) is 13.2 Å². The minimum Gasteiger partial charge on any atom is -0.387 e. The van der Waals surface area contributed by atoms with E-state index in [-0.39, 0.29) is 6.10 Å². The van der Waals surface area contributed by atoms with Gasteiger partial charge in [0, 0.05) is 6.04 Å². The summed E-state index contributed by atoms with van der Waals surface area (Å²) in [4.78, 5) is 0. The van der Waals surface area contributed by atoms with Crippen molar-refractivity contribution in [1.82, 2.24) is 5.32 Å². The zero-order chi connectivity index (χ0) is 12.0. The molecule has 16 heavy (non-hydrogen) atoms. The van der Waals surface area contributed by atoms with Gasteiger partial charge < -0.3 is 15.2 Å². The Kier molecular flexibility index (Phi) is 5.73. The van der Waals surface area contributed by atoms with Crippen molar-refractivity contribution in [3.05, 3.63) is 0 Å². The van der Waals surface area contributed by atoms with Crippen LogP contribution in [0.1, 0.15) is 52.9 Å². The second kappa shape index (κ2) is 6.58. The van der Waals surface area contributed by atoms with Crippen molar-refractivity contribution in [3.8, 4) is 0 Å². The average Bonchev–Trinajstić information content (AvgIpc) is 2.26. The first-order valence-corrected chi connectivity index (χ1v) is 6.63. The third-order valence-corrected chi connectivity index (χ3v) is 3.28. The van der Waals surface area contributed by atoms with Crippen LogP contribution in [0.25, 0.3) is 0 Å². The highest BCUT2D eigenvalue weighted by Crippen LogP contribution is 2.28. The second-order valence-corrected chi connectivity index (χ2v) is 5.31. The fourth-order valence-corrected chi connectivity index (χ4v) is 2.17. The molecule has 0 bridgehead atoms. The van der Waals surface area contributed by atoms with Gasteiger partial charge in [0.05, 0.1) is 18.3 Å². The van der Waals surface area contributed by atoms with Gasteiger partial charge in [-0.3, -0.25) is 0 Å². The summed E-state index contributed by atoms with van der Waals surface area (Å²) in [6.45, 7) is 7.79. The topological polar surface area (TPSA) is 41.5 Å². The van der Waals surface area contributed by atoms with Crippen LogP contribution in [0.15, 0.2) is 0 Å². The molecule has 0 spiro atoms. The zero-order valence-electron chi connectivity index (χ0n) is 11.0. The van der Waals surface area contributed by atoms with E-state index >= 15 is 0 Å². The Morgan fingerprint density at radius 3 is 2.50 bits per heavy atom. The molecule has 0 aliphatic heterocycles. The first-order chi connectivity index (χ1) is 7.56. The van der Waals surface area contributed by atoms with E-state index in [1.54, 1.807) is 0 Å². The predicted octanol–water partition coefficient (Wildman–Crippen LogP) is 2.08. The van der Waals surface area contributed by atoms with Gasteiger partial charge in [0.2, 0.25) is 0 Å². The fourth-order valence-electron chi connectivity index (χ4n) is 2.17. The molecule has 1 aliphatic carbocycles. The summed E-state index contributed by atoms with van der Waals surface area (Å²) in [5.74, 6) is 0. The van der Waals surface area contributed by atoms with Gasteiger partial charge in [0.15, 0.2) is 0 Å². The van der Waals surface area contributed by atoms with Crippen molar-refractivity contribution < 1.29 is 9.84 Å². The summed E-state index contributed by atoms with van der Waals surface area (Å²) >= 11 is 0. The van der Waals surface area contributed by atoms with E-state index in [1.165, 1.54) is 6.42 Å². The van der Waals surface area contributed by atoms with E-state index < -0.39 is 5.60 Å². The van der Waals surface area contributed by atoms with Gasteiger partial charge in [-0.05, 0) is 52.5 Å². The lowest BCUT2D eigenvalue weighted by Gasteiger charge is -2.36. The Labute approximate surface area is 99.6 Å². The van der Waals surface area contributed by atoms with E-state index in [9.17, 15) is 5.11 Å². The van der Waals surface area contributed by atoms with Crippen LogP contribution in [0, 0.1) is 0 Å². The molecule has 3 heteroatoms. The highest BCUT2D eigenvalue weighted by Gasteiger charge is 2.33. The number of hydrogen-bond acceptors (Lipinski definition) is 3. The molecule has 0 aromatic carbocycles. The fraction of sp³-hybridized carbons (Fsp3) is 1.00. The van der Waals surface area contributed by atoms with Crippen LogP contribution in [0.4, 0.5) is 0 Å². The van der Waals surface area contributed by atoms with Gasteiger partial charge in [-0.1, -0.05) is 6.92 Å². The van der Waals surface area contributed by atoms with Gasteiger partial charge in [-0.2, -0.15) is 0 Å². The highest BCUT2D eigenvalue weighted by atomic mass is 16.5. The molecule has 1 rings (SSSR count). The van der Waals surface area contributed by atoms with E-state index in [4.69, 9.17) is 4.74 Å². The van der Waals surface area contributed by atoms with Crippen LogP contribution in [-0.4, -0.2) is 36.0 Å². The van der Waals surface area contributed by atoms with Gasteiger partial charge in [-0.15, -0.1) is 0 Å². The first-order valence-electron chi connectivity index (χ1n) is 6.63. The molecule has 2 N–H and O–H groups in total. The molecule has 3 nitrogen and oxygen atoms in total. The Morgan fingerprint density at radius 2 is 2.00 bits per heavy atom. The predicted molar refractivity (Wildman–Crippen MR) is 66.6 cm³/mol. The van der Waals surface area contributed by atoms with Crippen LogP contribution in [-0.2, 0) is 4.74 Å². The molecule has 1 saturated carbocycles. The summed E-state index contributed by atoms with van der Waals surface area (Å²) < 4.78 is 5.53. The largest absolute Gasteiger partial charge is 0.387 e. The van der Waals surface area contributed by atoms with E-state index in [0.29, 0.717) is 12.6 Å². The third kappa shape index (κ3) is 4.81. The van der Waals surface area contributed by atoms with Crippen LogP contribution in [0.3, 0.4) is 0 Å². The minimum atomic E-state index is -0.575. The maximum Gasteiger partial charge on any atom is 0.0881 e. The normalized spacial score (nSPS) is 30.9. The third-order valence-electron chi connectivity index (χ3n) is 3.28. The summed E-state index contributed by atoms with van der Waals surface area (Å²) in [7, 11) is 0. The van der Waals surface area contributed by atoms with E-state index in [1.807, 2.05) is 13.8 Å². The molecule has 0 heterocycles. The molecule has 96 valence electrons. The van der Waals surface area contributed by atoms with Crippen molar-refractivity contribution in [3.63, 3.8) is 0 Å². The highest BCUT2D eigenvalue weighted by molar-refractivity contribution is 4.88. The van der Waals surface area contributed by atoms with Crippen molar-refractivity contribution in [2.45, 2.75) is 70.6 Å². The number of hydrogen-bond donors (Lipinski definition) is 2. The van der Waals surface area contributed by atoms with Gasteiger partial charge in [-0.25, -0.2) is 0 Å². The molecule has 0 amide bonds. The zero-order valence-corrected chi connectivity index (χ0v) is 11.0. The molecule has 0 unspecified atom stereocenters. The lowest BCUT2D eigenvalue weighted by molar-refractivity contribution is -0.0868. The smallest absolute Gasteiger partial charge is 0.0881 e. The van der Waals surface area contributed by atoms with Crippen LogP contribution >= 0.6 is 0 Å². The quantitative estimate of drug-likeness (QED) is 0.733. The lowest BCUT2D eigenvalue weighted by atomic mass is 9.82. The molecule has 0 aromatic rings. The van der Waals surface area contributed by atoms with Crippen LogP contribution in [0.5, 0.6) is 0 Å². The monoisotopic (exact) mass is 229 g/mol. The Bertz CT molecular complexity index is 186. The summed E-state index contributed by atoms with van der Waals surface area (Å²) in [5, 5.41) is 13.8. The van der Waals surface area contributed by atoms with Crippen LogP contribution < -0.4 is 5.32 Å². The molecule has 0 saturated heterocycles. The summed E-state index contributed by atoms with van der Waals surface area (Å²) in [6, 6.07) is 0.597. The van der Waals surface area contributed by atoms with Crippen LogP contribution in [0.2, 0.25) is 0 Å². The molecular weight excluding hydrogens is 202 g/mol. The lowest BCUT2D eigenvalue weighted by Crippen LogP contribution is -2.44. The Balaban J connectivity index is 2.23. The van der Waals surface area contributed by atoms with E-state index in [2.05, 4.69) is 12.2 Å². The SMILES string of the molecule is CCCNC1CCC(O)(COC(C)C)CC1. The summed E-state index contributed by atoms with van der Waals surface area (Å²) in [5.41, 5.74) is -0.575. The maximum absolute atomic E-state index is 10.3. The standard InChI is InChI=1S/C13H27NO2/c1-4-9-14-12-5-7-13(15,8-6-12)10-16-11(2)3/h11-12,14-15H,4-10H2,1-3H3. The number of nitrogens with one attached hydrogen (secondary N) is 1. The Hall–Kier alpha value is -0.120. The molecule has 0 atom stereocenters. The maximum atomic E-state index is 10.3. The minimum absolute atomic E-state index is 0.208. The molecule has 0 aromatic heterocycles. The number of aliphatic hydroxyl groups is 1. The molecule has 0 radical (unpaired) electrons. The molecule has 1 aliphatic rings. The number of ether oxygens (including phenoxy) is 1. The van der Waals surface area contributed by atoms with Crippen molar-refractivity contribution in [1.29, 1.82) is 0 Å². The molecule has 1 fully saturated rings. The molecular formula is C13H27NO2. The van der Waals surface area contributed by atoms with Gasteiger partial charge >= 0.3 is 0 Å². The summed E-state index contributed by atoms with van der Waals surface area (Å²) in [6.07, 6.45) is 5.25. The average molecular weight is 229 g/mol. The van der Waals surface area contributed by atoms with Gasteiger partial charge in [0.1, 0.15) is 0 Å². The van der Waals surface area contributed by atoms with Crippen molar-refractivity contribution in [2.24, 2.45) is 0 Å². The van der Waals surface area contributed by atoms with E-state index in [0.717, 1.165) is 32.2 Å². The first kappa shape index (κ1) is 13.9. The Morgan fingerprint density at radius 1 is 1.38 bits per heavy atom. The number of rotatable bonds is 6. The van der Waals surface area contributed by atoms with Crippen molar-refractivity contribution >= 4 is 0 Å².